The maximum Gasteiger partial charge on any atom is 0.213 e. The molecular weight excluding hydrogens is 280 g/mol. The molecule has 1 N–H and O–H groups in total. The molecule has 2 aromatic rings. The van der Waals surface area contributed by atoms with Crippen LogP contribution in [-0.2, 0) is 6.54 Å². The van der Waals surface area contributed by atoms with Crippen molar-refractivity contribution in [1.29, 1.82) is 0 Å². The molecule has 104 valence electrons. The van der Waals surface area contributed by atoms with E-state index in [0.29, 0.717) is 12.5 Å². The molecule has 0 saturated heterocycles. The molecule has 2 heterocycles. The van der Waals surface area contributed by atoms with Gasteiger partial charge in [-0.15, -0.1) is 23.7 Å². The quantitative estimate of drug-likeness (QED) is 0.795. The van der Waals surface area contributed by atoms with E-state index in [1.807, 2.05) is 29.5 Å². The first-order chi connectivity index (χ1) is 8.84. The number of hydrogen-bond donors (Lipinski definition) is 1. The number of aryl methyl sites for hydroxylation is 1. The minimum atomic E-state index is 0. The van der Waals surface area contributed by atoms with Crippen LogP contribution in [0.3, 0.4) is 0 Å². The smallest absolute Gasteiger partial charge is 0.213 e. The zero-order valence-corrected chi connectivity index (χ0v) is 12.6. The maximum absolute atomic E-state index is 5.51. The van der Waals surface area contributed by atoms with Crippen LogP contribution in [0.15, 0.2) is 36.5 Å². The standard InChI is InChI=1S/C14H18N2OS.ClH/c1-12-6-7-13(18-12)11-15-8-4-10-17-14-5-2-3-9-16-14;/h2-3,5-7,9,15H,4,8,10-11H2,1H3;1H. The van der Waals surface area contributed by atoms with Crippen LogP contribution in [0.4, 0.5) is 0 Å². The number of nitrogens with zero attached hydrogens (tertiary/aromatic N) is 1. The van der Waals surface area contributed by atoms with Crippen molar-refractivity contribution in [3.05, 3.63) is 46.3 Å². The molecule has 19 heavy (non-hydrogen) atoms. The number of thiophene rings is 1. The van der Waals surface area contributed by atoms with Crippen molar-refractivity contribution in [1.82, 2.24) is 10.3 Å². The largest absolute Gasteiger partial charge is 0.478 e. The van der Waals surface area contributed by atoms with Gasteiger partial charge in [0.05, 0.1) is 6.61 Å². The second-order valence-electron chi connectivity index (χ2n) is 4.06. The van der Waals surface area contributed by atoms with Crippen molar-refractivity contribution in [2.45, 2.75) is 19.9 Å². The van der Waals surface area contributed by atoms with E-state index in [0.717, 1.165) is 19.5 Å². The Morgan fingerprint density at radius 2 is 2.16 bits per heavy atom. The van der Waals surface area contributed by atoms with Gasteiger partial charge in [-0.05, 0) is 38.1 Å². The SMILES string of the molecule is Cc1ccc(CNCCCOc2ccccn2)s1.Cl. The summed E-state index contributed by atoms with van der Waals surface area (Å²) in [5.74, 6) is 0.700. The zero-order chi connectivity index (χ0) is 12.6. The Morgan fingerprint density at radius 3 is 2.84 bits per heavy atom. The van der Waals surface area contributed by atoms with Gasteiger partial charge < -0.3 is 10.1 Å². The van der Waals surface area contributed by atoms with Crippen molar-refractivity contribution >= 4 is 23.7 Å². The summed E-state index contributed by atoms with van der Waals surface area (Å²) in [4.78, 5) is 6.86. The van der Waals surface area contributed by atoms with Gasteiger partial charge in [0.1, 0.15) is 0 Å². The molecule has 0 atom stereocenters. The molecule has 2 rings (SSSR count). The summed E-state index contributed by atoms with van der Waals surface area (Å²) in [5, 5.41) is 3.41. The zero-order valence-electron chi connectivity index (χ0n) is 11.0. The highest BCUT2D eigenvalue weighted by Crippen LogP contribution is 2.14. The maximum atomic E-state index is 5.51. The molecule has 0 aliphatic carbocycles. The molecule has 0 aromatic carbocycles. The van der Waals surface area contributed by atoms with Crippen LogP contribution in [0, 0.1) is 6.92 Å². The van der Waals surface area contributed by atoms with Gasteiger partial charge in [0.15, 0.2) is 0 Å². The monoisotopic (exact) mass is 298 g/mol. The molecular formula is C14H19ClN2OS. The predicted molar refractivity (Wildman–Crippen MR) is 82.4 cm³/mol. The van der Waals surface area contributed by atoms with E-state index in [1.165, 1.54) is 9.75 Å². The molecule has 0 unspecified atom stereocenters. The summed E-state index contributed by atoms with van der Waals surface area (Å²) in [6, 6.07) is 10.0. The molecule has 0 amide bonds. The number of halogens is 1. The number of rotatable bonds is 7. The van der Waals surface area contributed by atoms with Gasteiger partial charge in [-0.2, -0.15) is 0 Å². The lowest BCUT2D eigenvalue weighted by Crippen LogP contribution is -2.16. The fraction of sp³-hybridized carbons (Fsp3) is 0.357. The summed E-state index contributed by atoms with van der Waals surface area (Å²) < 4.78 is 5.51. The number of pyridine rings is 1. The molecule has 0 fully saturated rings. The number of hydrogen-bond acceptors (Lipinski definition) is 4. The minimum absolute atomic E-state index is 0. The molecule has 0 radical (unpaired) electrons. The van der Waals surface area contributed by atoms with E-state index in [-0.39, 0.29) is 12.4 Å². The van der Waals surface area contributed by atoms with E-state index in [9.17, 15) is 0 Å². The first kappa shape index (κ1) is 16.0. The van der Waals surface area contributed by atoms with Crippen LogP contribution in [0.1, 0.15) is 16.2 Å². The molecule has 0 aliphatic rings. The highest BCUT2D eigenvalue weighted by atomic mass is 35.5. The van der Waals surface area contributed by atoms with Crippen LogP contribution in [-0.4, -0.2) is 18.1 Å². The van der Waals surface area contributed by atoms with Crippen LogP contribution < -0.4 is 10.1 Å². The highest BCUT2D eigenvalue weighted by Gasteiger charge is 1.96. The van der Waals surface area contributed by atoms with Crippen molar-refractivity contribution in [3.8, 4) is 5.88 Å². The number of aromatic nitrogens is 1. The fourth-order valence-corrected chi connectivity index (χ4v) is 2.46. The van der Waals surface area contributed by atoms with Crippen LogP contribution in [0.25, 0.3) is 0 Å². The number of ether oxygens (including phenoxy) is 1. The first-order valence-corrected chi connectivity index (χ1v) is 6.96. The average Bonchev–Trinajstić information content (AvgIpc) is 2.81. The highest BCUT2D eigenvalue weighted by molar-refractivity contribution is 7.11. The third-order valence-electron chi connectivity index (χ3n) is 2.48. The van der Waals surface area contributed by atoms with Crippen LogP contribution in [0.2, 0.25) is 0 Å². The van der Waals surface area contributed by atoms with Gasteiger partial charge in [0, 0.05) is 28.6 Å². The third kappa shape index (κ3) is 6.05. The third-order valence-corrected chi connectivity index (χ3v) is 3.48. The molecule has 0 saturated carbocycles. The van der Waals surface area contributed by atoms with Crippen LogP contribution >= 0.6 is 23.7 Å². The topological polar surface area (TPSA) is 34.1 Å². The fourth-order valence-electron chi connectivity index (χ4n) is 1.60. The van der Waals surface area contributed by atoms with Gasteiger partial charge in [-0.1, -0.05) is 6.07 Å². The first-order valence-electron chi connectivity index (χ1n) is 6.14. The van der Waals surface area contributed by atoms with E-state index in [4.69, 9.17) is 4.74 Å². The Morgan fingerprint density at radius 1 is 1.26 bits per heavy atom. The lowest BCUT2D eigenvalue weighted by atomic mass is 10.4. The summed E-state index contributed by atoms with van der Waals surface area (Å²) in [5.41, 5.74) is 0. The van der Waals surface area contributed by atoms with Crippen molar-refractivity contribution < 1.29 is 4.74 Å². The van der Waals surface area contributed by atoms with E-state index < -0.39 is 0 Å². The van der Waals surface area contributed by atoms with Gasteiger partial charge in [-0.3, -0.25) is 0 Å². The lowest BCUT2D eigenvalue weighted by molar-refractivity contribution is 0.297. The minimum Gasteiger partial charge on any atom is -0.478 e. The second-order valence-corrected chi connectivity index (χ2v) is 5.43. The molecule has 5 heteroatoms. The normalized spacial score (nSPS) is 9.95. The Balaban J connectivity index is 0.00000180. The average molecular weight is 299 g/mol. The summed E-state index contributed by atoms with van der Waals surface area (Å²) in [7, 11) is 0. The van der Waals surface area contributed by atoms with Crippen molar-refractivity contribution in [3.63, 3.8) is 0 Å². The molecule has 2 aromatic heterocycles. The Labute approximate surface area is 124 Å². The van der Waals surface area contributed by atoms with Gasteiger partial charge in [0.2, 0.25) is 5.88 Å². The lowest BCUT2D eigenvalue weighted by Gasteiger charge is -2.05. The molecule has 0 spiro atoms. The number of nitrogens with one attached hydrogen (secondary N) is 1. The van der Waals surface area contributed by atoms with E-state index >= 15 is 0 Å². The molecule has 0 aliphatic heterocycles. The summed E-state index contributed by atoms with van der Waals surface area (Å²) >= 11 is 1.84. The van der Waals surface area contributed by atoms with E-state index in [1.54, 1.807) is 6.20 Å². The Kier molecular flexibility index (Phi) is 7.48. The van der Waals surface area contributed by atoms with Gasteiger partial charge >= 0.3 is 0 Å². The second kappa shape index (κ2) is 8.91. The van der Waals surface area contributed by atoms with Gasteiger partial charge in [-0.25, -0.2) is 4.98 Å². The molecule has 3 nitrogen and oxygen atoms in total. The predicted octanol–water partition coefficient (Wildman–Crippen LogP) is 3.43. The van der Waals surface area contributed by atoms with Crippen LogP contribution in [0.5, 0.6) is 5.88 Å². The van der Waals surface area contributed by atoms with Gasteiger partial charge in [0.25, 0.3) is 0 Å². The van der Waals surface area contributed by atoms with Crippen molar-refractivity contribution in [2.75, 3.05) is 13.2 Å². The summed E-state index contributed by atoms with van der Waals surface area (Å²) in [6.45, 7) is 4.74. The van der Waals surface area contributed by atoms with E-state index in [2.05, 4.69) is 29.4 Å². The van der Waals surface area contributed by atoms with Crippen molar-refractivity contribution in [2.24, 2.45) is 0 Å². The Hall–Kier alpha value is -1.10. The summed E-state index contributed by atoms with van der Waals surface area (Å²) in [6.07, 6.45) is 2.73. The molecule has 0 bridgehead atoms. The Bertz CT molecular complexity index is 461.